The number of amides is 2. The highest BCUT2D eigenvalue weighted by Gasteiger charge is 2.39. The lowest BCUT2D eigenvalue weighted by Crippen LogP contribution is -2.56. The number of rotatable bonds is 6. The van der Waals surface area contributed by atoms with Crippen molar-refractivity contribution in [3.63, 3.8) is 0 Å². The highest BCUT2D eigenvalue weighted by Crippen LogP contribution is 2.29. The van der Waals surface area contributed by atoms with E-state index in [1.165, 1.54) is 4.90 Å². The van der Waals surface area contributed by atoms with Crippen LogP contribution < -0.4 is 10.2 Å². The van der Waals surface area contributed by atoms with Gasteiger partial charge in [-0.2, -0.15) is 4.98 Å². The maximum absolute atomic E-state index is 14.5. The van der Waals surface area contributed by atoms with Crippen molar-refractivity contribution in [1.82, 2.24) is 15.0 Å². The first-order valence-corrected chi connectivity index (χ1v) is 13.2. The van der Waals surface area contributed by atoms with Gasteiger partial charge in [-0.1, -0.05) is 13.8 Å². The van der Waals surface area contributed by atoms with Gasteiger partial charge in [0.2, 0.25) is 17.7 Å². The van der Waals surface area contributed by atoms with Crippen LogP contribution in [0.1, 0.15) is 51.3 Å². The van der Waals surface area contributed by atoms with Crippen molar-refractivity contribution < 1.29 is 31.3 Å². The Morgan fingerprint density at radius 3 is 2.40 bits per heavy atom. The van der Waals surface area contributed by atoms with Gasteiger partial charge in [-0.15, -0.1) is 0 Å². The Balaban J connectivity index is 1.45. The predicted molar refractivity (Wildman–Crippen MR) is 122 cm³/mol. The van der Waals surface area contributed by atoms with Crippen LogP contribution in [0.25, 0.3) is 0 Å². The van der Waals surface area contributed by atoms with Crippen LogP contribution in [0.3, 0.4) is 0 Å². The molecule has 0 aliphatic carbocycles. The highest BCUT2D eigenvalue weighted by molar-refractivity contribution is 7.90. The van der Waals surface area contributed by atoms with Gasteiger partial charge in [0.25, 0.3) is 5.95 Å². The van der Waals surface area contributed by atoms with E-state index in [9.17, 15) is 26.8 Å². The molecule has 10 nitrogen and oxygen atoms in total. The predicted octanol–water partition coefficient (Wildman–Crippen LogP) is 2.47. The van der Waals surface area contributed by atoms with Crippen molar-refractivity contribution in [1.29, 1.82) is 0 Å². The van der Waals surface area contributed by atoms with Gasteiger partial charge in [0.15, 0.2) is 21.5 Å². The lowest BCUT2D eigenvalue weighted by molar-refractivity contribution is -0.138. The van der Waals surface area contributed by atoms with Crippen molar-refractivity contribution in [3.05, 3.63) is 29.7 Å². The number of benzene rings is 1. The molecule has 0 radical (unpaired) electrons. The molecule has 0 spiro atoms. The molecule has 3 heterocycles. The molecule has 190 valence electrons. The van der Waals surface area contributed by atoms with Crippen LogP contribution in [0.4, 0.5) is 20.4 Å². The number of hydrogen-bond donors (Lipinski definition) is 1. The Morgan fingerprint density at radius 1 is 1.14 bits per heavy atom. The number of nitrogens with one attached hydrogen (secondary N) is 1. The molecule has 1 unspecified atom stereocenters. The van der Waals surface area contributed by atoms with E-state index in [1.807, 2.05) is 13.8 Å². The topological polar surface area (TPSA) is 126 Å². The van der Waals surface area contributed by atoms with E-state index < -0.39 is 38.1 Å². The molecule has 4 rings (SSSR count). The molecule has 2 amide bonds. The highest BCUT2D eigenvalue weighted by atomic mass is 32.2. The summed E-state index contributed by atoms with van der Waals surface area (Å²) in [6.07, 6.45) is 2.32. The minimum atomic E-state index is -3.80. The van der Waals surface area contributed by atoms with Crippen LogP contribution >= 0.6 is 0 Å². The molecule has 1 aromatic carbocycles. The molecule has 35 heavy (non-hydrogen) atoms. The number of piperidine rings is 2. The van der Waals surface area contributed by atoms with Crippen molar-refractivity contribution in [2.75, 3.05) is 29.6 Å². The minimum Gasteiger partial charge on any atom is -0.369 e. The van der Waals surface area contributed by atoms with E-state index in [0.29, 0.717) is 38.2 Å². The third kappa shape index (κ3) is 5.14. The van der Waals surface area contributed by atoms with E-state index in [-0.39, 0.29) is 36.1 Å². The molecule has 0 saturated carbocycles. The second-order valence-corrected chi connectivity index (χ2v) is 11.2. The Labute approximate surface area is 201 Å². The summed E-state index contributed by atoms with van der Waals surface area (Å²) in [6, 6.07) is 0.177. The fraction of sp³-hybridized carbons (Fsp3) is 0.545. The first kappa shape index (κ1) is 25.0. The number of likely N-dealkylation sites (tertiary alicyclic amines) is 1. The maximum Gasteiger partial charge on any atom is 0.272 e. The smallest absolute Gasteiger partial charge is 0.272 e. The third-order valence-electron chi connectivity index (χ3n) is 6.24. The molecule has 2 aromatic rings. The fourth-order valence-corrected chi connectivity index (χ4v) is 4.97. The lowest BCUT2D eigenvalue weighted by atomic mass is 9.96. The van der Waals surface area contributed by atoms with Gasteiger partial charge in [0, 0.05) is 37.7 Å². The van der Waals surface area contributed by atoms with Crippen molar-refractivity contribution >= 4 is 33.3 Å². The number of anilines is 2. The van der Waals surface area contributed by atoms with Crippen LogP contribution in [0.15, 0.2) is 21.6 Å². The summed E-state index contributed by atoms with van der Waals surface area (Å²) in [4.78, 5) is 32.8. The van der Waals surface area contributed by atoms with Crippen LogP contribution in [0.5, 0.6) is 0 Å². The number of carbonyl (C=O) groups excluding carboxylic acids is 2. The Hall–Kier alpha value is -3.09. The van der Waals surface area contributed by atoms with Gasteiger partial charge in [-0.25, -0.2) is 17.2 Å². The van der Waals surface area contributed by atoms with E-state index in [4.69, 9.17) is 4.52 Å². The third-order valence-corrected chi connectivity index (χ3v) is 7.33. The molecular formula is C22H27F2N5O5S. The molecule has 2 atom stereocenters. The molecule has 2 aliphatic heterocycles. The number of hydrogen-bond acceptors (Lipinski definition) is 8. The van der Waals surface area contributed by atoms with Gasteiger partial charge in [-0.05, 0) is 36.6 Å². The van der Waals surface area contributed by atoms with Crippen molar-refractivity contribution in [2.24, 2.45) is 0 Å². The van der Waals surface area contributed by atoms with E-state index >= 15 is 0 Å². The second kappa shape index (κ2) is 9.51. The van der Waals surface area contributed by atoms with Crippen LogP contribution in [0, 0.1) is 11.6 Å². The van der Waals surface area contributed by atoms with Gasteiger partial charge in [-0.3, -0.25) is 14.5 Å². The van der Waals surface area contributed by atoms with Crippen LogP contribution in [-0.4, -0.2) is 66.7 Å². The Bertz CT molecular complexity index is 1230. The molecule has 2 saturated heterocycles. The summed E-state index contributed by atoms with van der Waals surface area (Å²) in [6.45, 7) is 4.52. The van der Waals surface area contributed by atoms with Gasteiger partial charge >= 0.3 is 0 Å². The van der Waals surface area contributed by atoms with Crippen molar-refractivity contribution in [3.8, 4) is 0 Å². The average Bonchev–Trinajstić information content (AvgIpc) is 3.27. The molecule has 1 aromatic heterocycles. The normalized spacial score (nSPS) is 21.7. The summed E-state index contributed by atoms with van der Waals surface area (Å²) in [5.41, 5.74) is -0.554. The van der Waals surface area contributed by atoms with Crippen LogP contribution in [-0.2, 0) is 19.4 Å². The zero-order valence-electron chi connectivity index (χ0n) is 19.6. The van der Waals surface area contributed by atoms with Crippen molar-refractivity contribution in [2.45, 2.75) is 62.4 Å². The van der Waals surface area contributed by atoms with Gasteiger partial charge in [0.1, 0.15) is 11.7 Å². The monoisotopic (exact) mass is 511 g/mol. The molecule has 0 bridgehead atoms. The van der Waals surface area contributed by atoms with E-state index in [0.717, 1.165) is 18.4 Å². The summed E-state index contributed by atoms with van der Waals surface area (Å²) in [5.74, 6) is -2.15. The lowest BCUT2D eigenvalue weighted by Gasteiger charge is -2.41. The van der Waals surface area contributed by atoms with Crippen LogP contribution in [0.2, 0.25) is 0 Å². The van der Waals surface area contributed by atoms with E-state index in [2.05, 4.69) is 15.5 Å². The number of aromatic nitrogens is 2. The first-order valence-electron chi connectivity index (χ1n) is 11.4. The molecule has 2 fully saturated rings. The average molecular weight is 512 g/mol. The standard InChI is InChI=1S/C22H27F2N5O5S/c1-12(2)20-26-22(27-34-20)29-8-6-13(9-18(29)30)28-7-4-5-17(21(28)31)25-19-15(23)10-14(11-16(19)24)35(3,32)33/h10-13,17,25H,4-9H2,1-3H3/t13-,17?/m0/s1. The number of carbonyl (C=O) groups is 2. The molecule has 13 heteroatoms. The summed E-state index contributed by atoms with van der Waals surface area (Å²) >= 11 is 0. The zero-order valence-corrected chi connectivity index (χ0v) is 20.4. The van der Waals surface area contributed by atoms with Gasteiger partial charge < -0.3 is 14.7 Å². The largest absolute Gasteiger partial charge is 0.369 e. The second-order valence-electron chi connectivity index (χ2n) is 9.18. The molecule has 1 N–H and O–H groups in total. The summed E-state index contributed by atoms with van der Waals surface area (Å²) in [7, 11) is -3.80. The van der Waals surface area contributed by atoms with E-state index in [1.54, 1.807) is 4.90 Å². The Morgan fingerprint density at radius 2 is 1.83 bits per heavy atom. The Kier molecular flexibility index (Phi) is 6.80. The maximum atomic E-state index is 14.5. The zero-order chi connectivity index (χ0) is 25.5. The SMILES string of the molecule is CC(C)c1nc(N2CC[C@H](N3CCCC(Nc4c(F)cc(S(C)(=O)=O)cc4F)C3=O)CC2=O)no1. The fourth-order valence-electron chi connectivity index (χ4n) is 4.34. The first-order chi connectivity index (χ1) is 16.5. The summed E-state index contributed by atoms with van der Waals surface area (Å²) < 4.78 is 57.5. The quantitative estimate of drug-likeness (QED) is 0.627. The molecular weight excluding hydrogens is 484 g/mol. The summed E-state index contributed by atoms with van der Waals surface area (Å²) in [5, 5.41) is 6.49. The number of sulfone groups is 1. The minimum absolute atomic E-state index is 0.0246. The number of halogens is 2. The van der Waals surface area contributed by atoms with Gasteiger partial charge in [0.05, 0.1) is 4.90 Å². The molecule has 2 aliphatic rings. The number of nitrogens with zero attached hydrogens (tertiary/aromatic N) is 4.